The van der Waals surface area contributed by atoms with Crippen molar-refractivity contribution < 1.29 is 18.3 Å². The van der Waals surface area contributed by atoms with Gasteiger partial charge in [-0.1, -0.05) is 37.3 Å². The molecule has 0 radical (unpaired) electrons. The van der Waals surface area contributed by atoms with Gasteiger partial charge in [0.25, 0.3) is 5.91 Å². The van der Waals surface area contributed by atoms with Gasteiger partial charge in [0.15, 0.2) is 17.7 Å². The Hall–Kier alpha value is -3.15. The zero-order valence-corrected chi connectivity index (χ0v) is 14.5. The van der Waals surface area contributed by atoms with Crippen LogP contribution in [0.3, 0.4) is 0 Å². The molecule has 1 atom stereocenters. The first-order chi connectivity index (χ1) is 12.6. The SMILES string of the molecule is CCc1oc2ccccc2c1/C=N\NC(=O)[C@H](C)Oc1ccccc1F. The van der Waals surface area contributed by atoms with E-state index < -0.39 is 17.8 Å². The molecular formula is C20H19FN2O3. The summed E-state index contributed by atoms with van der Waals surface area (Å²) in [5, 5.41) is 4.93. The lowest BCUT2D eigenvalue weighted by molar-refractivity contribution is -0.127. The number of carbonyl (C=O) groups is 1. The quantitative estimate of drug-likeness (QED) is 0.536. The van der Waals surface area contributed by atoms with Gasteiger partial charge in [0.1, 0.15) is 11.3 Å². The predicted molar refractivity (Wildman–Crippen MR) is 97.8 cm³/mol. The largest absolute Gasteiger partial charge is 0.478 e. The molecule has 2 aromatic carbocycles. The first-order valence-corrected chi connectivity index (χ1v) is 8.34. The molecule has 1 aromatic heterocycles. The summed E-state index contributed by atoms with van der Waals surface area (Å²) in [7, 11) is 0. The Labute approximate surface area is 150 Å². The number of aryl methyl sites for hydroxylation is 1. The third-order valence-electron chi connectivity index (χ3n) is 3.91. The number of nitrogens with one attached hydrogen (secondary N) is 1. The first kappa shape index (κ1) is 17.7. The number of rotatable bonds is 6. The Bertz CT molecular complexity index is 949. The number of hydrogen-bond donors (Lipinski definition) is 1. The monoisotopic (exact) mass is 354 g/mol. The number of carbonyl (C=O) groups excluding carboxylic acids is 1. The number of hydrazone groups is 1. The van der Waals surface area contributed by atoms with Crippen molar-refractivity contribution in [3.05, 3.63) is 65.7 Å². The van der Waals surface area contributed by atoms with Gasteiger partial charge in [-0.05, 0) is 25.1 Å². The summed E-state index contributed by atoms with van der Waals surface area (Å²) < 4.78 is 24.7. The summed E-state index contributed by atoms with van der Waals surface area (Å²) in [5.74, 6) is -0.184. The fourth-order valence-electron chi connectivity index (χ4n) is 2.56. The van der Waals surface area contributed by atoms with Crippen LogP contribution in [-0.2, 0) is 11.2 Å². The van der Waals surface area contributed by atoms with Crippen molar-refractivity contribution in [2.24, 2.45) is 5.10 Å². The van der Waals surface area contributed by atoms with E-state index in [4.69, 9.17) is 9.15 Å². The van der Waals surface area contributed by atoms with Gasteiger partial charge in [-0.25, -0.2) is 9.82 Å². The van der Waals surface area contributed by atoms with Crippen LogP contribution in [0.5, 0.6) is 5.75 Å². The Kier molecular flexibility index (Phi) is 5.31. The minimum absolute atomic E-state index is 0.0215. The second-order valence-corrected chi connectivity index (χ2v) is 5.71. The van der Waals surface area contributed by atoms with Crippen molar-refractivity contribution in [2.45, 2.75) is 26.4 Å². The second-order valence-electron chi connectivity index (χ2n) is 5.71. The average Bonchev–Trinajstić information content (AvgIpc) is 3.01. The van der Waals surface area contributed by atoms with E-state index in [2.05, 4.69) is 10.5 Å². The number of benzene rings is 2. The van der Waals surface area contributed by atoms with E-state index in [1.54, 1.807) is 18.3 Å². The molecule has 0 spiro atoms. The number of ether oxygens (including phenoxy) is 1. The number of fused-ring (bicyclic) bond motifs is 1. The summed E-state index contributed by atoms with van der Waals surface area (Å²) >= 11 is 0. The summed E-state index contributed by atoms with van der Waals surface area (Å²) in [6.07, 6.45) is 1.37. The third-order valence-corrected chi connectivity index (χ3v) is 3.91. The minimum Gasteiger partial charge on any atom is -0.478 e. The van der Waals surface area contributed by atoms with Crippen molar-refractivity contribution in [2.75, 3.05) is 0 Å². The van der Waals surface area contributed by atoms with Crippen molar-refractivity contribution in [1.29, 1.82) is 0 Å². The summed E-state index contributed by atoms with van der Waals surface area (Å²) in [6.45, 7) is 3.51. The van der Waals surface area contributed by atoms with Gasteiger partial charge in [0, 0.05) is 17.4 Å². The molecular weight excluding hydrogens is 335 g/mol. The lowest BCUT2D eigenvalue weighted by Crippen LogP contribution is -2.33. The molecule has 0 fully saturated rings. The zero-order chi connectivity index (χ0) is 18.5. The van der Waals surface area contributed by atoms with Gasteiger partial charge in [-0.3, -0.25) is 4.79 Å². The number of nitrogens with zero attached hydrogens (tertiary/aromatic N) is 1. The highest BCUT2D eigenvalue weighted by molar-refractivity contribution is 5.99. The molecule has 1 amide bonds. The van der Waals surface area contributed by atoms with Crippen LogP contribution in [0, 0.1) is 5.82 Å². The Morgan fingerprint density at radius 1 is 1.27 bits per heavy atom. The lowest BCUT2D eigenvalue weighted by Gasteiger charge is -2.13. The molecule has 3 aromatic rings. The van der Waals surface area contributed by atoms with Crippen LogP contribution < -0.4 is 10.2 Å². The number of furan rings is 1. The van der Waals surface area contributed by atoms with Crippen LogP contribution in [0.4, 0.5) is 4.39 Å². The zero-order valence-electron chi connectivity index (χ0n) is 14.5. The number of hydrogen-bond acceptors (Lipinski definition) is 4. The van der Waals surface area contributed by atoms with Crippen LogP contribution in [0.25, 0.3) is 11.0 Å². The maximum atomic E-state index is 13.6. The van der Waals surface area contributed by atoms with Gasteiger partial charge in [-0.15, -0.1) is 0 Å². The lowest BCUT2D eigenvalue weighted by atomic mass is 10.1. The smallest absolute Gasteiger partial charge is 0.280 e. The van der Waals surface area contributed by atoms with E-state index in [9.17, 15) is 9.18 Å². The maximum Gasteiger partial charge on any atom is 0.280 e. The molecule has 0 aliphatic rings. The molecule has 0 bridgehead atoms. The van der Waals surface area contributed by atoms with Crippen molar-refractivity contribution >= 4 is 23.1 Å². The standard InChI is InChI=1S/C20H19FN2O3/c1-3-17-15(14-8-4-6-10-18(14)26-17)12-22-23-20(24)13(2)25-19-11-7-5-9-16(19)21/h4-13H,3H2,1-2H3,(H,23,24)/b22-12-/t13-/m0/s1. The molecule has 0 saturated carbocycles. The summed E-state index contributed by atoms with van der Waals surface area (Å²) in [4.78, 5) is 12.1. The van der Waals surface area contributed by atoms with Crippen LogP contribution in [0.1, 0.15) is 25.2 Å². The topological polar surface area (TPSA) is 63.8 Å². The highest BCUT2D eigenvalue weighted by Gasteiger charge is 2.16. The van der Waals surface area contributed by atoms with E-state index >= 15 is 0 Å². The molecule has 1 heterocycles. The second kappa shape index (κ2) is 7.82. The molecule has 0 unspecified atom stereocenters. The van der Waals surface area contributed by atoms with Gasteiger partial charge in [0.2, 0.25) is 0 Å². The van der Waals surface area contributed by atoms with Crippen LogP contribution in [-0.4, -0.2) is 18.2 Å². The van der Waals surface area contributed by atoms with Crippen LogP contribution in [0.15, 0.2) is 58.0 Å². The summed E-state index contributed by atoms with van der Waals surface area (Å²) in [5.41, 5.74) is 4.01. The fraction of sp³-hybridized carbons (Fsp3) is 0.200. The first-order valence-electron chi connectivity index (χ1n) is 8.34. The maximum absolute atomic E-state index is 13.6. The van der Waals surface area contributed by atoms with Gasteiger partial charge < -0.3 is 9.15 Å². The Balaban J connectivity index is 1.68. The summed E-state index contributed by atoms with van der Waals surface area (Å²) in [6, 6.07) is 13.6. The van der Waals surface area contributed by atoms with Crippen LogP contribution in [0.2, 0.25) is 0 Å². The molecule has 0 saturated heterocycles. The van der Waals surface area contributed by atoms with Crippen molar-refractivity contribution in [1.82, 2.24) is 5.43 Å². The molecule has 6 heteroatoms. The van der Waals surface area contributed by atoms with Crippen molar-refractivity contribution in [3.63, 3.8) is 0 Å². The van der Waals surface area contributed by atoms with Gasteiger partial charge >= 0.3 is 0 Å². The molecule has 0 aliphatic heterocycles. The van der Waals surface area contributed by atoms with E-state index in [-0.39, 0.29) is 5.75 Å². The van der Waals surface area contributed by atoms with E-state index in [0.29, 0.717) is 6.42 Å². The highest BCUT2D eigenvalue weighted by atomic mass is 19.1. The molecule has 1 N–H and O–H groups in total. The Morgan fingerprint density at radius 2 is 2.00 bits per heavy atom. The Morgan fingerprint density at radius 3 is 2.77 bits per heavy atom. The number of amides is 1. The number of halogens is 1. The highest BCUT2D eigenvalue weighted by Crippen LogP contribution is 2.24. The molecule has 5 nitrogen and oxygen atoms in total. The normalized spacial score (nSPS) is 12.4. The van der Waals surface area contributed by atoms with E-state index in [1.807, 2.05) is 31.2 Å². The number of para-hydroxylation sites is 2. The van der Waals surface area contributed by atoms with Crippen LogP contribution >= 0.6 is 0 Å². The van der Waals surface area contributed by atoms with Gasteiger partial charge in [0.05, 0.1) is 6.21 Å². The fourth-order valence-corrected chi connectivity index (χ4v) is 2.56. The minimum atomic E-state index is -0.893. The predicted octanol–water partition coefficient (Wildman–Crippen LogP) is 4.05. The van der Waals surface area contributed by atoms with E-state index in [0.717, 1.165) is 22.3 Å². The third kappa shape index (κ3) is 3.74. The van der Waals surface area contributed by atoms with E-state index in [1.165, 1.54) is 19.1 Å². The average molecular weight is 354 g/mol. The molecule has 26 heavy (non-hydrogen) atoms. The molecule has 3 rings (SSSR count). The molecule has 0 aliphatic carbocycles. The van der Waals surface area contributed by atoms with Gasteiger partial charge in [-0.2, -0.15) is 5.10 Å². The van der Waals surface area contributed by atoms with Crippen molar-refractivity contribution in [3.8, 4) is 5.75 Å². The molecule has 134 valence electrons.